The number of carbonyl (C=O) groups is 2. The van der Waals surface area contributed by atoms with Crippen LogP contribution in [-0.4, -0.2) is 16.7 Å². The number of non-ortho nitro benzene ring substituents is 1. The molecule has 2 amide bonds. The number of nitro benzene ring substituents is 1. The van der Waals surface area contributed by atoms with E-state index >= 15 is 0 Å². The number of rotatable bonds is 4. The minimum absolute atomic E-state index is 0.113. The van der Waals surface area contributed by atoms with Crippen molar-refractivity contribution in [3.05, 3.63) is 74.4 Å². The standard InChI is InChI=1S/C16H9Cl2N3O4/c17-11-3-1-2-4-12(11)19-14-13(18)15(22)20(16(14)23)9-5-7-10(8-6-9)21(24)25/h1-8,19H. The van der Waals surface area contributed by atoms with Gasteiger partial charge in [-0.25, -0.2) is 4.90 Å². The van der Waals surface area contributed by atoms with Crippen LogP contribution < -0.4 is 10.2 Å². The van der Waals surface area contributed by atoms with Crippen LogP contribution in [0.15, 0.2) is 59.3 Å². The Hall–Kier alpha value is -2.90. The number of hydrogen-bond acceptors (Lipinski definition) is 5. The molecule has 7 nitrogen and oxygen atoms in total. The number of benzene rings is 2. The molecule has 126 valence electrons. The Balaban J connectivity index is 1.91. The molecule has 0 saturated carbocycles. The number of para-hydroxylation sites is 1. The van der Waals surface area contributed by atoms with Crippen LogP contribution in [0.2, 0.25) is 5.02 Å². The summed E-state index contributed by atoms with van der Waals surface area (Å²) in [7, 11) is 0. The van der Waals surface area contributed by atoms with E-state index < -0.39 is 16.7 Å². The minimum Gasteiger partial charge on any atom is -0.348 e. The van der Waals surface area contributed by atoms with Crippen LogP contribution >= 0.6 is 23.2 Å². The largest absolute Gasteiger partial charge is 0.348 e. The van der Waals surface area contributed by atoms with E-state index in [1.807, 2.05) is 0 Å². The summed E-state index contributed by atoms with van der Waals surface area (Å²) in [5, 5.41) is 13.5. The maximum Gasteiger partial charge on any atom is 0.283 e. The molecule has 0 saturated heterocycles. The first-order valence-electron chi connectivity index (χ1n) is 6.94. The second-order valence-corrected chi connectivity index (χ2v) is 5.80. The first-order chi connectivity index (χ1) is 11.9. The third-order valence-corrected chi connectivity index (χ3v) is 4.16. The highest BCUT2D eigenvalue weighted by atomic mass is 35.5. The third-order valence-electron chi connectivity index (χ3n) is 3.48. The summed E-state index contributed by atoms with van der Waals surface area (Å²) in [5.74, 6) is -1.40. The summed E-state index contributed by atoms with van der Waals surface area (Å²) in [6, 6.07) is 11.7. The molecular weight excluding hydrogens is 369 g/mol. The minimum atomic E-state index is -0.727. The van der Waals surface area contributed by atoms with Crippen molar-refractivity contribution in [2.75, 3.05) is 10.2 Å². The third kappa shape index (κ3) is 3.07. The van der Waals surface area contributed by atoms with E-state index in [2.05, 4.69) is 5.32 Å². The molecule has 0 spiro atoms. The van der Waals surface area contributed by atoms with Crippen molar-refractivity contribution in [1.29, 1.82) is 0 Å². The van der Waals surface area contributed by atoms with Gasteiger partial charge in [-0.3, -0.25) is 19.7 Å². The van der Waals surface area contributed by atoms with Crippen molar-refractivity contribution >= 4 is 52.1 Å². The number of halogens is 2. The van der Waals surface area contributed by atoms with Gasteiger partial charge in [-0.05, 0) is 24.3 Å². The van der Waals surface area contributed by atoms with Gasteiger partial charge in [-0.2, -0.15) is 0 Å². The van der Waals surface area contributed by atoms with Crippen LogP contribution in [0.25, 0.3) is 0 Å². The van der Waals surface area contributed by atoms with Gasteiger partial charge in [0.2, 0.25) is 0 Å². The Kier molecular flexibility index (Phi) is 4.43. The molecule has 0 aromatic heterocycles. The number of carbonyl (C=O) groups excluding carboxylic acids is 2. The Bertz CT molecular complexity index is 925. The molecule has 25 heavy (non-hydrogen) atoms. The Morgan fingerprint density at radius 3 is 2.20 bits per heavy atom. The monoisotopic (exact) mass is 377 g/mol. The van der Waals surface area contributed by atoms with E-state index in [4.69, 9.17) is 23.2 Å². The molecule has 1 aliphatic rings. The molecule has 0 atom stereocenters. The first kappa shape index (κ1) is 16.9. The first-order valence-corrected chi connectivity index (χ1v) is 7.70. The number of nitro groups is 1. The van der Waals surface area contributed by atoms with E-state index in [1.54, 1.807) is 24.3 Å². The zero-order valence-corrected chi connectivity index (χ0v) is 13.9. The molecule has 1 N–H and O–H groups in total. The zero-order chi connectivity index (χ0) is 18.1. The molecule has 0 radical (unpaired) electrons. The summed E-state index contributed by atoms with van der Waals surface area (Å²) in [4.78, 5) is 35.9. The summed E-state index contributed by atoms with van der Waals surface area (Å²) >= 11 is 12.0. The van der Waals surface area contributed by atoms with Gasteiger partial charge in [0.05, 0.1) is 21.3 Å². The highest BCUT2D eigenvalue weighted by molar-refractivity contribution is 6.53. The van der Waals surface area contributed by atoms with Gasteiger partial charge >= 0.3 is 0 Å². The fraction of sp³-hybridized carbons (Fsp3) is 0. The van der Waals surface area contributed by atoms with Crippen molar-refractivity contribution in [3.8, 4) is 0 Å². The number of anilines is 2. The van der Waals surface area contributed by atoms with Crippen molar-refractivity contribution in [1.82, 2.24) is 0 Å². The number of nitrogens with zero attached hydrogens (tertiary/aromatic N) is 2. The fourth-order valence-corrected chi connectivity index (χ4v) is 2.66. The average Bonchev–Trinajstić information content (AvgIpc) is 2.80. The number of imide groups is 1. The zero-order valence-electron chi connectivity index (χ0n) is 12.4. The number of nitrogens with one attached hydrogen (secondary N) is 1. The van der Waals surface area contributed by atoms with Gasteiger partial charge in [0, 0.05) is 12.1 Å². The molecule has 2 aromatic carbocycles. The highest BCUT2D eigenvalue weighted by Gasteiger charge is 2.39. The summed E-state index contributed by atoms with van der Waals surface area (Å²) < 4.78 is 0. The molecule has 0 fully saturated rings. The van der Waals surface area contributed by atoms with Gasteiger partial charge in [-0.1, -0.05) is 35.3 Å². The second-order valence-electron chi connectivity index (χ2n) is 5.01. The van der Waals surface area contributed by atoms with Crippen LogP contribution in [0.5, 0.6) is 0 Å². The summed E-state index contributed by atoms with van der Waals surface area (Å²) in [5.41, 5.74) is 0.327. The normalized spacial score (nSPS) is 14.2. The maximum absolute atomic E-state index is 12.6. The van der Waals surface area contributed by atoms with E-state index in [1.165, 1.54) is 24.3 Å². The van der Waals surface area contributed by atoms with Crippen molar-refractivity contribution in [2.24, 2.45) is 0 Å². The molecule has 2 aromatic rings. The number of amides is 2. The molecule has 3 rings (SSSR count). The smallest absolute Gasteiger partial charge is 0.283 e. The van der Waals surface area contributed by atoms with E-state index in [-0.39, 0.29) is 22.1 Å². The molecule has 0 bridgehead atoms. The molecule has 1 heterocycles. The molecule has 9 heteroatoms. The van der Waals surface area contributed by atoms with Crippen molar-refractivity contribution in [2.45, 2.75) is 0 Å². The lowest BCUT2D eigenvalue weighted by Crippen LogP contribution is -2.32. The van der Waals surface area contributed by atoms with Crippen LogP contribution in [0.1, 0.15) is 0 Å². The van der Waals surface area contributed by atoms with Gasteiger partial charge in [-0.15, -0.1) is 0 Å². The lowest BCUT2D eigenvalue weighted by atomic mass is 10.2. The lowest BCUT2D eigenvalue weighted by Gasteiger charge is -2.15. The average molecular weight is 378 g/mol. The van der Waals surface area contributed by atoms with E-state index in [0.29, 0.717) is 10.7 Å². The van der Waals surface area contributed by atoms with Crippen LogP contribution in [0, 0.1) is 10.1 Å². The Morgan fingerprint density at radius 2 is 1.60 bits per heavy atom. The van der Waals surface area contributed by atoms with Gasteiger partial charge in [0.15, 0.2) is 0 Å². The molecular formula is C16H9Cl2N3O4. The lowest BCUT2D eigenvalue weighted by molar-refractivity contribution is -0.384. The van der Waals surface area contributed by atoms with E-state index in [9.17, 15) is 19.7 Å². The Labute approximate surface area is 151 Å². The van der Waals surface area contributed by atoms with Gasteiger partial charge < -0.3 is 5.32 Å². The second kappa shape index (κ2) is 6.54. The molecule has 0 unspecified atom stereocenters. The predicted molar refractivity (Wildman–Crippen MR) is 93.5 cm³/mol. The van der Waals surface area contributed by atoms with Gasteiger partial charge in [0.25, 0.3) is 17.5 Å². The van der Waals surface area contributed by atoms with E-state index in [0.717, 1.165) is 4.90 Å². The quantitative estimate of drug-likeness (QED) is 0.498. The molecule has 0 aliphatic carbocycles. The number of hydrogen-bond donors (Lipinski definition) is 1. The highest BCUT2D eigenvalue weighted by Crippen LogP contribution is 2.32. The Morgan fingerprint density at radius 1 is 0.960 bits per heavy atom. The maximum atomic E-state index is 12.6. The predicted octanol–water partition coefficient (Wildman–Crippen LogP) is 3.68. The SMILES string of the molecule is O=C1C(Cl)=C(Nc2ccccc2Cl)C(=O)N1c1ccc([N+](=O)[O-])cc1. The topological polar surface area (TPSA) is 92.6 Å². The summed E-state index contributed by atoms with van der Waals surface area (Å²) in [6.07, 6.45) is 0. The van der Waals surface area contributed by atoms with Crippen LogP contribution in [-0.2, 0) is 9.59 Å². The van der Waals surface area contributed by atoms with Crippen LogP contribution in [0.3, 0.4) is 0 Å². The summed E-state index contributed by atoms with van der Waals surface area (Å²) in [6.45, 7) is 0. The van der Waals surface area contributed by atoms with Crippen molar-refractivity contribution in [3.63, 3.8) is 0 Å². The fourth-order valence-electron chi connectivity index (χ4n) is 2.27. The van der Waals surface area contributed by atoms with Gasteiger partial charge in [0.1, 0.15) is 10.7 Å². The van der Waals surface area contributed by atoms with Crippen molar-refractivity contribution < 1.29 is 14.5 Å². The molecule has 1 aliphatic heterocycles. The van der Waals surface area contributed by atoms with Crippen LogP contribution in [0.4, 0.5) is 17.1 Å².